The van der Waals surface area contributed by atoms with Gasteiger partial charge in [0, 0.05) is 5.92 Å². The van der Waals surface area contributed by atoms with Crippen LogP contribution in [0.25, 0.3) is 0 Å². The molecular weight excluding hydrogens is 420 g/mol. The van der Waals surface area contributed by atoms with Crippen LogP contribution in [0.2, 0.25) is 0 Å². The second kappa shape index (κ2) is 7.11. The van der Waals surface area contributed by atoms with Gasteiger partial charge in [0.15, 0.2) is 5.78 Å². The number of allylic oxidation sites excluding steroid dienone is 1. The first-order valence-corrected chi connectivity index (χ1v) is 11.7. The highest BCUT2D eigenvalue weighted by molar-refractivity contribution is 5.95. The standard InChI is InChI=1S/C27H32O6/c1-14-12-26-15(2)10-19-20(25(19,3)4)18(23(26)30)11-17(22(29)27(26,32)21(14)28)13-33-24(31)16-8-6-5-7-9-16/h5-9,11-12,15,18-22,28-29,32H,10,13H2,1-4H3/t15-,18+,19-,20+,21?,22-,26+,27-/m1/s1. The van der Waals surface area contributed by atoms with Gasteiger partial charge in [-0.3, -0.25) is 4.79 Å². The van der Waals surface area contributed by atoms with E-state index in [1.54, 1.807) is 49.4 Å². The normalized spacial score (nSPS) is 42.8. The summed E-state index contributed by atoms with van der Waals surface area (Å²) in [5.74, 6) is -1.13. The molecule has 0 amide bonds. The molecular formula is C27H32O6. The van der Waals surface area contributed by atoms with Gasteiger partial charge in [0.05, 0.1) is 11.0 Å². The number of rotatable bonds is 3. The summed E-state index contributed by atoms with van der Waals surface area (Å²) >= 11 is 0. The zero-order chi connectivity index (χ0) is 23.9. The minimum atomic E-state index is -2.12. The van der Waals surface area contributed by atoms with Crippen LogP contribution in [0.3, 0.4) is 0 Å². The number of fused-ring (bicyclic) bond motifs is 3. The second-order valence-corrected chi connectivity index (χ2v) is 11.1. The van der Waals surface area contributed by atoms with Crippen molar-refractivity contribution in [3.8, 4) is 0 Å². The Morgan fingerprint density at radius 3 is 2.48 bits per heavy atom. The van der Waals surface area contributed by atoms with E-state index < -0.39 is 35.1 Å². The fourth-order valence-corrected chi connectivity index (χ4v) is 7.22. The number of hydrogen-bond acceptors (Lipinski definition) is 6. The zero-order valence-electron chi connectivity index (χ0n) is 19.5. The Kier molecular flexibility index (Phi) is 4.85. The average molecular weight is 453 g/mol. The van der Waals surface area contributed by atoms with Crippen LogP contribution in [0.1, 0.15) is 44.5 Å². The van der Waals surface area contributed by atoms with Crippen molar-refractivity contribution in [1.29, 1.82) is 0 Å². The van der Waals surface area contributed by atoms with Crippen molar-refractivity contribution in [3.63, 3.8) is 0 Å². The molecule has 4 aliphatic carbocycles. The molecule has 3 N–H and O–H groups in total. The van der Waals surface area contributed by atoms with Gasteiger partial charge >= 0.3 is 5.97 Å². The lowest BCUT2D eigenvalue weighted by Crippen LogP contribution is -2.65. The predicted octanol–water partition coefficient (Wildman–Crippen LogP) is 2.68. The Morgan fingerprint density at radius 2 is 1.82 bits per heavy atom. The number of aliphatic hydroxyl groups excluding tert-OH is 2. The molecule has 33 heavy (non-hydrogen) atoms. The fraction of sp³-hybridized carbons (Fsp3) is 0.556. The van der Waals surface area contributed by atoms with E-state index in [0.717, 1.165) is 6.42 Å². The van der Waals surface area contributed by atoms with Crippen LogP contribution in [0, 0.1) is 34.5 Å². The molecule has 1 spiro atoms. The fourth-order valence-electron chi connectivity index (χ4n) is 7.22. The Hall–Kier alpha value is -2.28. The minimum Gasteiger partial charge on any atom is -0.457 e. The van der Waals surface area contributed by atoms with Crippen molar-refractivity contribution in [1.82, 2.24) is 0 Å². The number of Topliss-reactive ketones (excluding diaryl/α,β-unsaturated/α-hetero) is 1. The Morgan fingerprint density at radius 1 is 1.15 bits per heavy atom. The van der Waals surface area contributed by atoms with Gasteiger partial charge < -0.3 is 20.1 Å². The number of ketones is 1. The summed E-state index contributed by atoms with van der Waals surface area (Å²) in [6.07, 6.45) is 1.19. The maximum absolute atomic E-state index is 14.2. The summed E-state index contributed by atoms with van der Waals surface area (Å²) < 4.78 is 5.50. The Bertz CT molecular complexity index is 1070. The van der Waals surface area contributed by atoms with Crippen LogP contribution in [-0.4, -0.2) is 51.5 Å². The molecule has 2 saturated carbocycles. The zero-order valence-corrected chi connectivity index (χ0v) is 19.5. The molecule has 5 rings (SSSR count). The molecule has 2 fully saturated rings. The van der Waals surface area contributed by atoms with Crippen molar-refractivity contribution in [2.75, 3.05) is 6.61 Å². The van der Waals surface area contributed by atoms with Crippen LogP contribution < -0.4 is 0 Å². The van der Waals surface area contributed by atoms with Gasteiger partial charge in [0.1, 0.15) is 24.4 Å². The number of hydrogen-bond donors (Lipinski definition) is 3. The molecule has 8 atom stereocenters. The molecule has 0 saturated heterocycles. The predicted molar refractivity (Wildman–Crippen MR) is 121 cm³/mol. The third-order valence-corrected chi connectivity index (χ3v) is 9.13. The molecule has 6 nitrogen and oxygen atoms in total. The number of esters is 1. The SMILES string of the molecule is CC1=C[C@]23C(=O)[C@@H](C=C(COC(=O)c4ccccc4)[C@@H](O)[C@]2(O)C1O)[C@H]1[C@@H](C[C@H]3C)C1(C)C. The van der Waals surface area contributed by atoms with Crippen molar-refractivity contribution in [2.45, 2.75) is 51.9 Å². The monoisotopic (exact) mass is 452 g/mol. The minimum absolute atomic E-state index is 0.0398. The van der Waals surface area contributed by atoms with E-state index in [9.17, 15) is 24.9 Å². The number of carbonyl (C=O) groups excluding carboxylic acids is 2. The van der Waals surface area contributed by atoms with Gasteiger partial charge in [-0.05, 0) is 59.8 Å². The number of ether oxygens (including phenoxy) is 1. The van der Waals surface area contributed by atoms with Crippen molar-refractivity contribution in [2.24, 2.45) is 34.5 Å². The topological polar surface area (TPSA) is 104 Å². The molecule has 0 heterocycles. The van der Waals surface area contributed by atoms with Crippen LogP contribution in [0.15, 0.2) is 53.6 Å². The molecule has 1 aromatic carbocycles. The van der Waals surface area contributed by atoms with E-state index in [2.05, 4.69) is 13.8 Å². The van der Waals surface area contributed by atoms with Crippen LogP contribution in [0.4, 0.5) is 0 Å². The van der Waals surface area contributed by atoms with E-state index >= 15 is 0 Å². The summed E-state index contributed by atoms with van der Waals surface area (Å²) in [5, 5.41) is 34.6. The molecule has 2 bridgehead atoms. The summed E-state index contributed by atoms with van der Waals surface area (Å²) in [7, 11) is 0. The molecule has 1 aromatic rings. The van der Waals surface area contributed by atoms with E-state index in [1.807, 2.05) is 6.92 Å². The van der Waals surface area contributed by atoms with E-state index in [0.29, 0.717) is 17.1 Å². The first kappa shape index (κ1) is 22.5. The molecule has 0 radical (unpaired) electrons. The number of aliphatic hydroxyl groups is 3. The quantitative estimate of drug-likeness (QED) is 0.481. The van der Waals surface area contributed by atoms with E-state index in [1.165, 1.54) is 0 Å². The summed E-state index contributed by atoms with van der Waals surface area (Å²) in [6, 6.07) is 8.53. The van der Waals surface area contributed by atoms with Gasteiger partial charge in [0.2, 0.25) is 0 Å². The summed E-state index contributed by atoms with van der Waals surface area (Å²) in [4.78, 5) is 26.7. The van der Waals surface area contributed by atoms with Crippen molar-refractivity contribution < 1.29 is 29.6 Å². The van der Waals surface area contributed by atoms with Crippen LogP contribution in [-0.2, 0) is 9.53 Å². The highest BCUT2D eigenvalue weighted by Gasteiger charge is 2.75. The average Bonchev–Trinajstić information content (AvgIpc) is 3.29. The lowest BCUT2D eigenvalue weighted by Gasteiger charge is -2.48. The molecule has 4 aliphatic rings. The summed E-state index contributed by atoms with van der Waals surface area (Å²) in [5.41, 5.74) is -2.44. The molecule has 176 valence electrons. The second-order valence-electron chi connectivity index (χ2n) is 11.1. The Balaban J connectivity index is 1.58. The number of carbonyl (C=O) groups is 2. The third-order valence-electron chi connectivity index (χ3n) is 9.13. The molecule has 1 unspecified atom stereocenters. The largest absolute Gasteiger partial charge is 0.457 e. The maximum Gasteiger partial charge on any atom is 0.338 e. The van der Waals surface area contributed by atoms with Crippen LogP contribution in [0.5, 0.6) is 0 Å². The first-order chi connectivity index (χ1) is 15.5. The van der Waals surface area contributed by atoms with Gasteiger partial charge in [-0.1, -0.05) is 51.1 Å². The third kappa shape index (κ3) is 2.77. The smallest absolute Gasteiger partial charge is 0.338 e. The van der Waals surface area contributed by atoms with Crippen molar-refractivity contribution >= 4 is 11.8 Å². The van der Waals surface area contributed by atoms with Crippen molar-refractivity contribution in [3.05, 3.63) is 59.2 Å². The van der Waals surface area contributed by atoms with E-state index in [4.69, 9.17) is 4.74 Å². The van der Waals surface area contributed by atoms with Crippen LogP contribution >= 0.6 is 0 Å². The first-order valence-electron chi connectivity index (χ1n) is 11.7. The van der Waals surface area contributed by atoms with Gasteiger partial charge in [0.25, 0.3) is 0 Å². The molecule has 0 aromatic heterocycles. The summed E-state index contributed by atoms with van der Waals surface area (Å²) in [6.45, 7) is 7.66. The molecule has 0 aliphatic heterocycles. The number of benzene rings is 1. The van der Waals surface area contributed by atoms with Gasteiger partial charge in [-0.2, -0.15) is 0 Å². The Labute approximate surface area is 194 Å². The van der Waals surface area contributed by atoms with Gasteiger partial charge in [-0.25, -0.2) is 4.79 Å². The van der Waals surface area contributed by atoms with E-state index in [-0.39, 0.29) is 35.2 Å². The lowest BCUT2D eigenvalue weighted by molar-refractivity contribution is -0.190. The highest BCUT2D eigenvalue weighted by atomic mass is 16.5. The maximum atomic E-state index is 14.2. The lowest BCUT2D eigenvalue weighted by atomic mass is 9.59. The highest BCUT2D eigenvalue weighted by Crippen LogP contribution is 2.71. The molecule has 6 heteroatoms. The van der Waals surface area contributed by atoms with Gasteiger partial charge in [-0.15, -0.1) is 0 Å².